The van der Waals surface area contributed by atoms with E-state index in [-0.39, 0.29) is 0 Å². The first-order valence-electron chi connectivity index (χ1n) is 5.34. The maximum atomic E-state index is 4.52. The van der Waals surface area contributed by atoms with Crippen LogP contribution in [0.4, 0.5) is 0 Å². The summed E-state index contributed by atoms with van der Waals surface area (Å²) < 4.78 is 2.05. The van der Waals surface area contributed by atoms with Gasteiger partial charge in [-0.2, -0.15) is 0 Å². The van der Waals surface area contributed by atoms with E-state index in [2.05, 4.69) is 25.9 Å². The van der Waals surface area contributed by atoms with Gasteiger partial charge in [-0.25, -0.2) is 9.97 Å². The largest absolute Gasteiger partial charge is 0.306 e. The van der Waals surface area contributed by atoms with Gasteiger partial charge >= 0.3 is 0 Å². The third kappa shape index (κ3) is 2.38. The summed E-state index contributed by atoms with van der Waals surface area (Å²) in [5, 5.41) is 6.54. The number of hydrogen-bond acceptors (Lipinski definition) is 5. The van der Waals surface area contributed by atoms with E-state index in [9.17, 15) is 0 Å². The highest BCUT2D eigenvalue weighted by Gasteiger charge is 2.02. The number of imidazole rings is 1. The lowest BCUT2D eigenvalue weighted by Gasteiger charge is -1.98. The lowest BCUT2D eigenvalue weighted by molar-refractivity contribution is 0.689. The third-order valence-electron chi connectivity index (χ3n) is 2.42. The van der Waals surface area contributed by atoms with Crippen molar-refractivity contribution in [3.05, 3.63) is 39.5 Å². The number of fused-ring (bicyclic) bond motifs is 1. The van der Waals surface area contributed by atoms with E-state index in [1.54, 1.807) is 22.7 Å². The molecule has 3 aromatic heterocycles. The molecule has 0 atom stereocenters. The van der Waals surface area contributed by atoms with Crippen molar-refractivity contribution in [2.24, 2.45) is 0 Å². The molecular formula is C11H12N4S2. The average molecular weight is 264 g/mol. The Morgan fingerprint density at radius 3 is 3.12 bits per heavy atom. The summed E-state index contributed by atoms with van der Waals surface area (Å²) in [6, 6.07) is 0. The number of rotatable bonds is 4. The molecule has 3 heterocycles. The third-order valence-corrected chi connectivity index (χ3v) is 4.10. The molecule has 0 spiro atoms. The molecule has 0 saturated heterocycles. The van der Waals surface area contributed by atoms with E-state index in [4.69, 9.17) is 0 Å². The van der Waals surface area contributed by atoms with Gasteiger partial charge in [0.05, 0.1) is 10.7 Å². The molecule has 88 valence electrons. The molecule has 0 aliphatic carbocycles. The highest BCUT2D eigenvalue weighted by atomic mass is 32.1. The normalized spacial score (nSPS) is 11.4. The van der Waals surface area contributed by atoms with Gasteiger partial charge < -0.3 is 5.32 Å². The summed E-state index contributed by atoms with van der Waals surface area (Å²) in [6.07, 6.45) is 6.03. The number of nitrogens with zero attached hydrogens (tertiary/aromatic N) is 3. The average Bonchev–Trinajstić information content (AvgIpc) is 2.94. The van der Waals surface area contributed by atoms with Crippen LogP contribution in [0.2, 0.25) is 0 Å². The lowest BCUT2D eigenvalue weighted by Crippen LogP contribution is -2.11. The summed E-state index contributed by atoms with van der Waals surface area (Å²) >= 11 is 3.39. The van der Waals surface area contributed by atoms with Crippen LogP contribution in [0.3, 0.4) is 0 Å². The van der Waals surface area contributed by atoms with Crippen molar-refractivity contribution in [2.75, 3.05) is 0 Å². The number of aromatic nitrogens is 3. The molecule has 0 aliphatic heterocycles. The second kappa shape index (κ2) is 4.56. The van der Waals surface area contributed by atoms with Crippen LogP contribution in [-0.4, -0.2) is 14.4 Å². The molecule has 1 N–H and O–H groups in total. The number of nitrogens with one attached hydrogen (secondary N) is 1. The summed E-state index contributed by atoms with van der Waals surface area (Å²) in [4.78, 5) is 11.1. The molecule has 4 nitrogen and oxygen atoms in total. The Bertz CT molecular complexity index is 594. The Kier molecular flexibility index (Phi) is 2.92. The molecule has 0 saturated carbocycles. The van der Waals surface area contributed by atoms with Gasteiger partial charge in [0.25, 0.3) is 0 Å². The van der Waals surface area contributed by atoms with Crippen molar-refractivity contribution in [3.8, 4) is 0 Å². The Labute approximate surface area is 107 Å². The predicted octanol–water partition coefficient (Wildman–Crippen LogP) is 2.45. The van der Waals surface area contributed by atoms with Gasteiger partial charge in [-0.15, -0.1) is 22.7 Å². The summed E-state index contributed by atoms with van der Waals surface area (Å²) in [6.45, 7) is 3.68. The van der Waals surface area contributed by atoms with E-state index < -0.39 is 0 Å². The quantitative estimate of drug-likeness (QED) is 0.787. The van der Waals surface area contributed by atoms with Gasteiger partial charge in [0.1, 0.15) is 0 Å². The van der Waals surface area contributed by atoms with E-state index in [0.717, 1.165) is 28.8 Å². The van der Waals surface area contributed by atoms with E-state index >= 15 is 0 Å². The minimum Gasteiger partial charge on any atom is -0.306 e. The molecule has 0 aromatic carbocycles. The van der Waals surface area contributed by atoms with Crippen LogP contribution in [0.5, 0.6) is 0 Å². The van der Waals surface area contributed by atoms with Crippen LogP contribution in [0, 0.1) is 6.92 Å². The monoisotopic (exact) mass is 264 g/mol. The van der Waals surface area contributed by atoms with Crippen LogP contribution in [-0.2, 0) is 13.1 Å². The predicted molar refractivity (Wildman–Crippen MR) is 70.5 cm³/mol. The molecule has 6 heteroatoms. The fraction of sp³-hybridized carbons (Fsp3) is 0.273. The highest BCUT2D eigenvalue weighted by molar-refractivity contribution is 7.15. The first-order valence-corrected chi connectivity index (χ1v) is 7.04. The minimum absolute atomic E-state index is 0.797. The zero-order chi connectivity index (χ0) is 11.7. The summed E-state index contributed by atoms with van der Waals surface area (Å²) in [5.74, 6) is 0. The first-order chi connectivity index (χ1) is 8.31. The van der Waals surface area contributed by atoms with Crippen LogP contribution in [0.1, 0.15) is 15.6 Å². The molecular weight excluding hydrogens is 252 g/mol. The molecule has 0 radical (unpaired) electrons. The topological polar surface area (TPSA) is 42.2 Å². The Hall–Kier alpha value is -1.24. The maximum absolute atomic E-state index is 4.52. The Morgan fingerprint density at radius 2 is 2.35 bits per heavy atom. The second-order valence-electron chi connectivity index (χ2n) is 3.77. The summed E-state index contributed by atoms with van der Waals surface area (Å²) in [5.41, 5.74) is 1.08. The lowest BCUT2D eigenvalue weighted by atomic mass is 10.4. The van der Waals surface area contributed by atoms with Crippen LogP contribution in [0.25, 0.3) is 4.96 Å². The SMILES string of the molecule is Cc1ncc(CNCc2cn3ccsc3n2)s1. The first kappa shape index (κ1) is 10.9. The molecule has 17 heavy (non-hydrogen) atoms. The van der Waals surface area contributed by atoms with Gasteiger partial charge in [-0.05, 0) is 6.92 Å². The van der Waals surface area contributed by atoms with Crippen molar-refractivity contribution >= 4 is 27.6 Å². The zero-order valence-corrected chi connectivity index (χ0v) is 11.0. The van der Waals surface area contributed by atoms with Crippen molar-refractivity contribution < 1.29 is 0 Å². The fourth-order valence-corrected chi connectivity index (χ4v) is 3.15. The van der Waals surface area contributed by atoms with Crippen molar-refractivity contribution in [2.45, 2.75) is 20.0 Å². The van der Waals surface area contributed by atoms with Gasteiger partial charge in [-0.3, -0.25) is 4.40 Å². The smallest absolute Gasteiger partial charge is 0.193 e. The Morgan fingerprint density at radius 1 is 1.41 bits per heavy atom. The molecule has 0 amide bonds. The van der Waals surface area contributed by atoms with Crippen LogP contribution in [0.15, 0.2) is 24.0 Å². The Balaban J connectivity index is 1.59. The fourth-order valence-electron chi connectivity index (χ4n) is 1.66. The van der Waals surface area contributed by atoms with Gasteiger partial charge in [-0.1, -0.05) is 0 Å². The van der Waals surface area contributed by atoms with Gasteiger partial charge in [0.2, 0.25) is 0 Å². The van der Waals surface area contributed by atoms with Crippen molar-refractivity contribution in [1.29, 1.82) is 0 Å². The van der Waals surface area contributed by atoms with Crippen molar-refractivity contribution in [3.63, 3.8) is 0 Å². The molecule has 0 aliphatic rings. The molecule has 3 rings (SSSR count). The van der Waals surface area contributed by atoms with E-state index in [0.29, 0.717) is 0 Å². The number of thiazole rings is 2. The minimum atomic E-state index is 0.797. The van der Waals surface area contributed by atoms with E-state index in [1.165, 1.54) is 4.88 Å². The second-order valence-corrected chi connectivity index (χ2v) is 5.97. The zero-order valence-electron chi connectivity index (χ0n) is 9.38. The van der Waals surface area contributed by atoms with Gasteiger partial charge in [0.15, 0.2) is 4.96 Å². The molecule has 0 unspecified atom stereocenters. The van der Waals surface area contributed by atoms with Crippen LogP contribution < -0.4 is 5.32 Å². The summed E-state index contributed by atoms with van der Waals surface area (Å²) in [7, 11) is 0. The standard InChI is InChI=1S/C11H12N4S2/c1-8-13-6-10(17-8)5-12-4-9-7-15-2-3-16-11(15)14-9/h2-3,6-7,12H,4-5H2,1H3. The van der Waals surface area contributed by atoms with Crippen LogP contribution >= 0.6 is 22.7 Å². The number of aryl methyl sites for hydroxylation is 1. The number of hydrogen-bond donors (Lipinski definition) is 1. The highest BCUT2D eigenvalue weighted by Crippen LogP contribution is 2.13. The molecule has 3 aromatic rings. The van der Waals surface area contributed by atoms with Gasteiger partial charge in [0, 0.05) is 41.9 Å². The maximum Gasteiger partial charge on any atom is 0.193 e. The van der Waals surface area contributed by atoms with E-state index in [1.807, 2.05) is 24.7 Å². The molecule has 0 bridgehead atoms. The van der Waals surface area contributed by atoms with Crippen molar-refractivity contribution in [1.82, 2.24) is 19.7 Å². The molecule has 0 fully saturated rings.